The fraction of sp³-hybridized carbons (Fsp3) is 0.579. The Kier molecular flexibility index (Phi) is 5.54. The Balaban J connectivity index is 1.36. The van der Waals surface area contributed by atoms with Crippen LogP contribution in [-0.4, -0.2) is 89.6 Å². The summed E-state index contributed by atoms with van der Waals surface area (Å²) >= 11 is 0. The van der Waals surface area contributed by atoms with Crippen LogP contribution in [0.3, 0.4) is 0 Å². The third kappa shape index (κ3) is 4.31. The maximum atomic E-state index is 12.5. The summed E-state index contributed by atoms with van der Waals surface area (Å²) in [4.78, 5) is 32.1. The number of piperazine rings is 1. The molecule has 4 rings (SSSR count). The number of amides is 1. The molecule has 2 fully saturated rings. The van der Waals surface area contributed by atoms with Crippen LogP contribution in [0, 0.1) is 0 Å². The van der Waals surface area contributed by atoms with Crippen LogP contribution in [0.2, 0.25) is 0 Å². The van der Waals surface area contributed by atoms with Crippen molar-refractivity contribution in [1.82, 2.24) is 30.1 Å². The van der Waals surface area contributed by atoms with Crippen molar-refractivity contribution in [2.75, 3.05) is 63.5 Å². The summed E-state index contributed by atoms with van der Waals surface area (Å²) in [6, 6.07) is 4.02. The lowest BCUT2D eigenvalue weighted by atomic mass is 10.1. The maximum Gasteiger partial charge on any atom is 0.234 e. The third-order valence-electron chi connectivity index (χ3n) is 5.57. The van der Waals surface area contributed by atoms with Crippen LogP contribution in [0.25, 0.3) is 11.0 Å². The number of fused-ring (bicyclic) bond motifs is 1. The lowest BCUT2D eigenvalue weighted by molar-refractivity contribution is -0.123. The van der Waals surface area contributed by atoms with E-state index in [0.29, 0.717) is 17.9 Å². The van der Waals surface area contributed by atoms with Gasteiger partial charge >= 0.3 is 0 Å². The van der Waals surface area contributed by atoms with Crippen LogP contribution in [0.4, 0.5) is 11.6 Å². The van der Waals surface area contributed by atoms with Crippen molar-refractivity contribution in [1.29, 1.82) is 0 Å². The summed E-state index contributed by atoms with van der Waals surface area (Å²) in [7, 11) is 2.12. The van der Waals surface area contributed by atoms with Crippen molar-refractivity contribution < 1.29 is 4.79 Å². The minimum absolute atomic E-state index is 0.112. The molecule has 1 atom stereocenters. The fourth-order valence-corrected chi connectivity index (χ4v) is 3.91. The number of piperidine rings is 1. The SMILES string of the molecule is CN1CCN(CC(=O)N[C@@H]2CCCN(c3ccc4ncnc(N)c4n3)C2)CC1. The molecule has 0 aliphatic carbocycles. The molecule has 2 aromatic heterocycles. The average Bonchev–Trinajstić information content (AvgIpc) is 2.70. The molecule has 4 heterocycles. The molecule has 9 nitrogen and oxygen atoms in total. The normalized spacial score (nSPS) is 21.8. The number of nitrogens with one attached hydrogen (secondary N) is 1. The molecule has 0 radical (unpaired) electrons. The summed E-state index contributed by atoms with van der Waals surface area (Å²) in [6.07, 6.45) is 3.45. The Morgan fingerprint density at radius 2 is 2.04 bits per heavy atom. The molecule has 2 saturated heterocycles. The highest BCUT2D eigenvalue weighted by Crippen LogP contribution is 2.22. The number of anilines is 2. The number of aromatic nitrogens is 3. The van der Waals surface area contributed by atoms with Crippen molar-refractivity contribution >= 4 is 28.6 Å². The first-order valence-corrected chi connectivity index (χ1v) is 9.91. The molecule has 0 saturated carbocycles. The molecule has 2 aromatic rings. The first-order valence-electron chi connectivity index (χ1n) is 9.91. The van der Waals surface area contributed by atoms with E-state index in [9.17, 15) is 4.79 Å². The number of hydrogen-bond donors (Lipinski definition) is 2. The van der Waals surface area contributed by atoms with Gasteiger partial charge in [0.25, 0.3) is 0 Å². The average molecular weight is 384 g/mol. The van der Waals surface area contributed by atoms with Crippen molar-refractivity contribution in [3.63, 3.8) is 0 Å². The summed E-state index contributed by atoms with van der Waals surface area (Å²) in [5.41, 5.74) is 7.32. The van der Waals surface area contributed by atoms with E-state index in [1.165, 1.54) is 6.33 Å². The zero-order valence-electron chi connectivity index (χ0n) is 16.3. The molecular formula is C19H28N8O. The molecular weight excluding hydrogens is 356 g/mol. The van der Waals surface area contributed by atoms with Gasteiger partial charge in [-0.05, 0) is 32.0 Å². The van der Waals surface area contributed by atoms with E-state index < -0.39 is 0 Å². The second-order valence-corrected chi connectivity index (χ2v) is 7.73. The van der Waals surface area contributed by atoms with Gasteiger partial charge < -0.3 is 20.9 Å². The Morgan fingerprint density at radius 3 is 2.86 bits per heavy atom. The van der Waals surface area contributed by atoms with E-state index in [0.717, 1.165) is 63.4 Å². The van der Waals surface area contributed by atoms with E-state index in [1.54, 1.807) is 0 Å². The highest BCUT2D eigenvalue weighted by molar-refractivity contribution is 5.85. The van der Waals surface area contributed by atoms with E-state index in [4.69, 9.17) is 5.73 Å². The molecule has 2 aliphatic heterocycles. The number of nitrogen functional groups attached to an aromatic ring is 1. The number of rotatable bonds is 4. The lowest BCUT2D eigenvalue weighted by Crippen LogP contribution is -2.52. The molecule has 2 aliphatic rings. The molecule has 0 unspecified atom stereocenters. The van der Waals surface area contributed by atoms with Gasteiger partial charge in [0.15, 0.2) is 5.82 Å². The summed E-state index contributed by atoms with van der Waals surface area (Å²) < 4.78 is 0. The van der Waals surface area contributed by atoms with Gasteiger partial charge in [0, 0.05) is 45.3 Å². The Labute approximate surface area is 164 Å². The van der Waals surface area contributed by atoms with Gasteiger partial charge in [-0.1, -0.05) is 0 Å². The third-order valence-corrected chi connectivity index (χ3v) is 5.57. The van der Waals surface area contributed by atoms with Gasteiger partial charge in [0.1, 0.15) is 17.7 Å². The molecule has 9 heteroatoms. The lowest BCUT2D eigenvalue weighted by Gasteiger charge is -2.35. The van der Waals surface area contributed by atoms with Crippen LogP contribution >= 0.6 is 0 Å². The molecule has 28 heavy (non-hydrogen) atoms. The predicted octanol–water partition coefficient (Wildman–Crippen LogP) is -0.0606. The molecule has 0 bridgehead atoms. The largest absolute Gasteiger partial charge is 0.382 e. The van der Waals surface area contributed by atoms with Crippen LogP contribution < -0.4 is 16.0 Å². The first-order chi connectivity index (χ1) is 13.6. The molecule has 150 valence electrons. The van der Waals surface area contributed by atoms with Crippen molar-refractivity contribution in [3.05, 3.63) is 18.5 Å². The standard InChI is InChI=1S/C19H28N8O/c1-25-7-9-26(10-8-25)12-17(28)23-14-3-2-6-27(11-14)16-5-4-15-18(24-16)19(20)22-13-21-15/h4-5,13-14H,2-3,6-12H2,1H3,(H,23,28)(H2,20,21,22)/t14-/m1/s1. The summed E-state index contributed by atoms with van der Waals surface area (Å²) in [5, 5.41) is 3.21. The molecule has 1 amide bonds. The Morgan fingerprint density at radius 1 is 1.21 bits per heavy atom. The quantitative estimate of drug-likeness (QED) is 0.756. The number of nitrogens with zero attached hydrogens (tertiary/aromatic N) is 6. The number of likely N-dealkylation sites (N-methyl/N-ethyl adjacent to an activating group) is 1. The highest BCUT2D eigenvalue weighted by Gasteiger charge is 2.24. The minimum Gasteiger partial charge on any atom is -0.382 e. The first kappa shape index (κ1) is 18.8. The zero-order valence-corrected chi connectivity index (χ0v) is 16.3. The fourth-order valence-electron chi connectivity index (χ4n) is 3.91. The molecule has 0 aromatic carbocycles. The van der Waals surface area contributed by atoms with Gasteiger partial charge in [-0.15, -0.1) is 0 Å². The van der Waals surface area contributed by atoms with Gasteiger partial charge in [-0.2, -0.15) is 0 Å². The second-order valence-electron chi connectivity index (χ2n) is 7.73. The van der Waals surface area contributed by atoms with Gasteiger partial charge in [0.05, 0.1) is 12.1 Å². The maximum absolute atomic E-state index is 12.5. The summed E-state index contributed by atoms with van der Waals surface area (Å²) in [6.45, 7) is 6.08. The number of hydrogen-bond acceptors (Lipinski definition) is 8. The monoisotopic (exact) mass is 384 g/mol. The number of nitrogens with two attached hydrogens (primary N) is 1. The zero-order chi connectivity index (χ0) is 19.5. The van der Waals surface area contributed by atoms with Crippen LogP contribution in [0.1, 0.15) is 12.8 Å². The Bertz CT molecular complexity index is 836. The van der Waals surface area contributed by atoms with E-state index in [-0.39, 0.29) is 11.9 Å². The van der Waals surface area contributed by atoms with Crippen molar-refractivity contribution in [2.24, 2.45) is 0 Å². The van der Waals surface area contributed by atoms with Crippen LogP contribution in [0.5, 0.6) is 0 Å². The number of carbonyl (C=O) groups excluding carboxylic acids is 1. The number of carbonyl (C=O) groups is 1. The van der Waals surface area contributed by atoms with E-state index in [2.05, 4.69) is 42.0 Å². The molecule has 0 spiro atoms. The van der Waals surface area contributed by atoms with Gasteiger partial charge in [0.2, 0.25) is 5.91 Å². The van der Waals surface area contributed by atoms with Gasteiger partial charge in [-0.25, -0.2) is 15.0 Å². The number of pyridine rings is 1. The van der Waals surface area contributed by atoms with Crippen LogP contribution in [-0.2, 0) is 4.79 Å². The minimum atomic E-state index is 0.112. The topological polar surface area (TPSA) is 104 Å². The van der Waals surface area contributed by atoms with Crippen LogP contribution in [0.15, 0.2) is 18.5 Å². The molecule has 3 N–H and O–H groups in total. The van der Waals surface area contributed by atoms with Crippen molar-refractivity contribution in [3.8, 4) is 0 Å². The second kappa shape index (κ2) is 8.24. The highest BCUT2D eigenvalue weighted by atomic mass is 16.2. The predicted molar refractivity (Wildman–Crippen MR) is 109 cm³/mol. The summed E-state index contributed by atoms with van der Waals surface area (Å²) in [5.74, 6) is 1.36. The van der Waals surface area contributed by atoms with E-state index in [1.807, 2.05) is 12.1 Å². The smallest absolute Gasteiger partial charge is 0.234 e. The Hall–Kier alpha value is -2.52. The van der Waals surface area contributed by atoms with Gasteiger partial charge in [-0.3, -0.25) is 9.69 Å². The van der Waals surface area contributed by atoms with Crippen molar-refractivity contribution in [2.45, 2.75) is 18.9 Å². The van der Waals surface area contributed by atoms with E-state index >= 15 is 0 Å².